The van der Waals surface area contributed by atoms with Gasteiger partial charge in [0.15, 0.2) is 5.78 Å². The highest BCUT2D eigenvalue weighted by atomic mass is 35.5. The summed E-state index contributed by atoms with van der Waals surface area (Å²) in [6.07, 6.45) is 7.26. The van der Waals surface area contributed by atoms with Gasteiger partial charge in [0.2, 0.25) is 0 Å². The second-order valence-corrected chi connectivity index (χ2v) is 6.39. The Morgan fingerprint density at radius 2 is 2.17 bits per heavy atom. The zero-order valence-corrected chi connectivity index (χ0v) is 11.5. The Morgan fingerprint density at radius 3 is 2.78 bits per heavy atom. The van der Waals surface area contributed by atoms with Gasteiger partial charge in [0, 0.05) is 12.6 Å². The molecule has 4 heteroatoms. The number of ketones is 1. The van der Waals surface area contributed by atoms with Gasteiger partial charge in [0.25, 0.3) is 0 Å². The molecule has 0 saturated heterocycles. The fourth-order valence-electron chi connectivity index (χ4n) is 3.58. The Kier molecular flexibility index (Phi) is 3.33. The predicted molar refractivity (Wildman–Crippen MR) is 72.1 cm³/mol. The molecule has 2 saturated carbocycles. The van der Waals surface area contributed by atoms with Crippen molar-refractivity contribution in [3.05, 3.63) is 28.0 Å². The number of carbonyl (C=O) groups excluding carboxylic acids is 1. The van der Waals surface area contributed by atoms with E-state index in [0.717, 1.165) is 11.8 Å². The highest BCUT2D eigenvalue weighted by Gasteiger charge is 2.40. The van der Waals surface area contributed by atoms with Gasteiger partial charge in [-0.15, -0.1) is 0 Å². The minimum atomic E-state index is 0.0641. The average molecular weight is 284 g/mol. The summed E-state index contributed by atoms with van der Waals surface area (Å²) in [5.41, 5.74) is 0.379. The van der Waals surface area contributed by atoms with Crippen molar-refractivity contribution in [1.29, 1.82) is 0 Å². The molecule has 1 aromatic rings. The first kappa shape index (κ1) is 12.4. The summed E-state index contributed by atoms with van der Waals surface area (Å²) >= 11 is 11.8. The van der Waals surface area contributed by atoms with E-state index in [4.69, 9.17) is 23.2 Å². The van der Waals surface area contributed by atoms with Gasteiger partial charge >= 0.3 is 0 Å². The Hall–Kier alpha value is -0.600. The van der Waals surface area contributed by atoms with E-state index in [9.17, 15) is 4.79 Å². The average Bonchev–Trinajstić information content (AvgIpc) is 2.90. The third kappa shape index (κ3) is 2.28. The van der Waals surface area contributed by atoms with Gasteiger partial charge in [0.1, 0.15) is 5.69 Å². The molecule has 0 aliphatic heterocycles. The summed E-state index contributed by atoms with van der Waals surface area (Å²) in [4.78, 5) is 16.3. The maximum Gasteiger partial charge on any atom is 0.182 e. The van der Waals surface area contributed by atoms with Crippen LogP contribution in [0.5, 0.6) is 0 Å². The molecule has 0 spiro atoms. The van der Waals surface area contributed by atoms with Crippen LogP contribution in [-0.4, -0.2) is 10.8 Å². The number of fused-ring (bicyclic) bond motifs is 2. The summed E-state index contributed by atoms with van der Waals surface area (Å²) in [6, 6.07) is 1.59. The van der Waals surface area contributed by atoms with Crippen molar-refractivity contribution in [2.45, 2.75) is 32.1 Å². The Bertz CT molecular complexity index is 489. The number of pyridine rings is 1. The number of rotatable bonds is 3. The maximum atomic E-state index is 12.2. The zero-order chi connectivity index (χ0) is 12.7. The van der Waals surface area contributed by atoms with Crippen molar-refractivity contribution in [2.75, 3.05) is 0 Å². The quantitative estimate of drug-likeness (QED) is 0.770. The molecule has 2 aliphatic carbocycles. The first-order valence-electron chi connectivity index (χ1n) is 6.47. The first-order chi connectivity index (χ1) is 8.63. The number of hydrogen-bond donors (Lipinski definition) is 0. The summed E-state index contributed by atoms with van der Waals surface area (Å²) in [5.74, 6) is 2.23. The van der Waals surface area contributed by atoms with Gasteiger partial charge < -0.3 is 0 Å². The molecule has 3 unspecified atom stereocenters. The van der Waals surface area contributed by atoms with Crippen LogP contribution in [0.3, 0.4) is 0 Å². The minimum Gasteiger partial charge on any atom is -0.292 e. The molecule has 0 aromatic carbocycles. The van der Waals surface area contributed by atoms with E-state index < -0.39 is 0 Å². The van der Waals surface area contributed by atoms with Crippen LogP contribution >= 0.6 is 23.2 Å². The molecular weight excluding hydrogens is 269 g/mol. The number of Topliss-reactive ketones (excluding diaryl/α,β-unsaturated/α-hetero) is 1. The molecule has 2 nitrogen and oxygen atoms in total. The van der Waals surface area contributed by atoms with Crippen molar-refractivity contribution in [2.24, 2.45) is 17.8 Å². The zero-order valence-electron chi connectivity index (χ0n) is 10.0. The number of nitrogens with zero attached hydrogens (tertiary/aromatic N) is 1. The number of carbonyl (C=O) groups is 1. The summed E-state index contributed by atoms with van der Waals surface area (Å²) in [5, 5.41) is 0.840. The summed E-state index contributed by atoms with van der Waals surface area (Å²) in [7, 11) is 0. The second kappa shape index (κ2) is 4.82. The van der Waals surface area contributed by atoms with Crippen LogP contribution in [0.4, 0.5) is 0 Å². The lowest BCUT2D eigenvalue weighted by molar-refractivity contribution is 0.0939. The van der Waals surface area contributed by atoms with Gasteiger partial charge in [-0.2, -0.15) is 0 Å². The summed E-state index contributed by atoms with van der Waals surface area (Å²) in [6.45, 7) is 0. The van der Waals surface area contributed by atoms with Crippen molar-refractivity contribution < 1.29 is 4.79 Å². The molecule has 3 atom stereocenters. The van der Waals surface area contributed by atoms with Crippen LogP contribution in [0.25, 0.3) is 0 Å². The van der Waals surface area contributed by atoms with E-state index in [1.165, 1.54) is 31.9 Å². The van der Waals surface area contributed by atoms with E-state index in [2.05, 4.69) is 4.98 Å². The highest BCUT2D eigenvalue weighted by molar-refractivity contribution is 6.36. The smallest absolute Gasteiger partial charge is 0.182 e. The largest absolute Gasteiger partial charge is 0.292 e. The normalized spacial score (nSPS) is 29.8. The van der Waals surface area contributed by atoms with Crippen molar-refractivity contribution in [3.8, 4) is 0 Å². The third-order valence-corrected chi connectivity index (χ3v) is 4.90. The molecular formula is C14H15Cl2NO. The molecule has 2 fully saturated rings. The van der Waals surface area contributed by atoms with E-state index in [1.807, 2.05) is 0 Å². The van der Waals surface area contributed by atoms with E-state index >= 15 is 0 Å². The molecule has 2 bridgehead atoms. The first-order valence-corrected chi connectivity index (χ1v) is 7.23. The topological polar surface area (TPSA) is 30.0 Å². The SMILES string of the molecule is O=C(CC1CC2CCC1C2)c1ncc(Cl)cc1Cl. The Morgan fingerprint density at radius 1 is 1.33 bits per heavy atom. The third-order valence-electron chi connectivity index (χ3n) is 4.40. The lowest BCUT2D eigenvalue weighted by Gasteiger charge is -2.20. The molecule has 3 rings (SSSR count). The van der Waals surface area contributed by atoms with E-state index in [1.54, 1.807) is 6.07 Å². The van der Waals surface area contributed by atoms with Crippen molar-refractivity contribution >= 4 is 29.0 Å². The minimum absolute atomic E-state index is 0.0641. The molecule has 0 radical (unpaired) electrons. The fraction of sp³-hybridized carbons (Fsp3) is 0.571. The maximum absolute atomic E-state index is 12.2. The van der Waals surface area contributed by atoms with Crippen molar-refractivity contribution in [1.82, 2.24) is 4.98 Å². The van der Waals surface area contributed by atoms with Crippen LogP contribution in [0, 0.1) is 17.8 Å². The van der Waals surface area contributed by atoms with Crippen LogP contribution < -0.4 is 0 Å². The van der Waals surface area contributed by atoms with Crippen LogP contribution in [-0.2, 0) is 0 Å². The molecule has 0 N–H and O–H groups in total. The van der Waals surface area contributed by atoms with Crippen molar-refractivity contribution in [3.63, 3.8) is 0 Å². The van der Waals surface area contributed by atoms with Crippen LogP contribution in [0.1, 0.15) is 42.6 Å². The van der Waals surface area contributed by atoms with E-state index in [0.29, 0.717) is 28.1 Å². The highest BCUT2D eigenvalue weighted by Crippen LogP contribution is 2.49. The molecule has 96 valence electrons. The van der Waals surface area contributed by atoms with Crippen LogP contribution in [0.15, 0.2) is 12.3 Å². The van der Waals surface area contributed by atoms with Gasteiger partial charge in [-0.1, -0.05) is 29.6 Å². The molecule has 0 amide bonds. The van der Waals surface area contributed by atoms with E-state index in [-0.39, 0.29) is 5.78 Å². The van der Waals surface area contributed by atoms with Gasteiger partial charge in [-0.3, -0.25) is 9.78 Å². The lowest BCUT2D eigenvalue weighted by Crippen LogP contribution is -2.16. The fourth-order valence-corrected chi connectivity index (χ4v) is 4.07. The predicted octanol–water partition coefficient (Wildman–Crippen LogP) is 4.40. The molecule has 1 heterocycles. The number of aromatic nitrogens is 1. The molecule has 18 heavy (non-hydrogen) atoms. The Balaban J connectivity index is 1.71. The lowest BCUT2D eigenvalue weighted by atomic mass is 9.85. The van der Waals surface area contributed by atoms with Gasteiger partial charge in [-0.05, 0) is 43.1 Å². The van der Waals surface area contributed by atoms with Gasteiger partial charge in [0.05, 0.1) is 10.0 Å². The van der Waals surface area contributed by atoms with Gasteiger partial charge in [-0.25, -0.2) is 0 Å². The monoisotopic (exact) mass is 283 g/mol. The Labute approximate surface area is 117 Å². The number of hydrogen-bond acceptors (Lipinski definition) is 2. The second-order valence-electron chi connectivity index (χ2n) is 5.55. The molecule has 2 aliphatic rings. The molecule has 1 aromatic heterocycles. The van der Waals surface area contributed by atoms with Crippen LogP contribution in [0.2, 0.25) is 10.0 Å². The standard InChI is InChI=1S/C14H15Cl2NO/c15-11-6-12(16)14(17-7-11)13(18)5-10-4-8-1-2-9(10)3-8/h6-10H,1-5H2. The number of halogens is 2. The summed E-state index contributed by atoms with van der Waals surface area (Å²) < 4.78 is 0.